The van der Waals surface area contributed by atoms with Crippen LogP contribution in [0.15, 0.2) is 53.4 Å². The van der Waals surface area contributed by atoms with E-state index in [-0.39, 0.29) is 34.7 Å². The molecule has 31 heavy (non-hydrogen) atoms. The molecule has 0 aromatic heterocycles. The van der Waals surface area contributed by atoms with E-state index < -0.39 is 4.92 Å². The molecule has 1 aliphatic rings. The Morgan fingerprint density at radius 2 is 1.74 bits per heavy atom. The summed E-state index contributed by atoms with van der Waals surface area (Å²) in [6.45, 7) is 2.88. The third kappa shape index (κ3) is 6.42. The number of non-ortho nitro benzene ring substituents is 1. The van der Waals surface area contributed by atoms with Gasteiger partial charge in [0, 0.05) is 41.8 Å². The van der Waals surface area contributed by atoms with Gasteiger partial charge >= 0.3 is 6.03 Å². The zero-order chi connectivity index (χ0) is 22.4. The van der Waals surface area contributed by atoms with Gasteiger partial charge in [-0.25, -0.2) is 9.18 Å². The third-order valence-corrected chi connectivity index (χ3v) is 6.05. The Hall–Kier alpha value is -3.14. The summed E-state index contributed by atoms with van der Waals surface area (Å²) in [5.74, 6) is -0.374. The van der Waals surface area contributed by atoms with Crippen LogP contribution >= 0.6 is 11.8 Å². The van der Waals surface area contributed by atoms with Crippen molar-refractivity contribution in [3.8, 4) is 0 Å². The number of piperidine rings is 1. The monoisotopic (exact) mass is 446 g/mol. The zero-order valence-corrected chi connectivity index (χ0v) is 17.7. The summed E-state index contributed by atoms with van der Waals surface area (Å²) in [5, 5.41) is 16.0. The highest BCUT2D eigenvalue weighted by molar-refractivity contribution is 8.00. The van der Waals surface area contributed by atoms with Crippen molar-refractivity contribution >= 4 is 35.1 Å². The Labute approximate surface area is 183 Å². The highest BCUT2D eigenvalue weighted by Crippen LogP contribution is 2.27. The summed E-state index contributed by atoms with van der Waals surface area (Å²) < 4.78 is 12.9. The fraction of sp³-hybridized carbons (Fsp3) is 0.333. The molecule has 0 spiro atoms. The largest absolute Gasteiger partial charge is 0.342 e. The van der Waals surface area contributed by atoms with Crippen molar-refractivity contribution in [1.29, 1.82) is 0 Å². The Morgan fingerprint density at radius 1 is 1.13 bits per heavy atom. The van der Waals surface area contributed by atoms with Crippen LogP contribution in [0, 0.1) is 15.9 Å². The third-order valence-electron chi connectivity index (χ3n) is 4.95. The van der Waals surface area contributed by atoms with Crippen LogP contribution in [0.25, 0.3) is 0 Å². The van der Waals surface area contributed by atoms with Crippen molar-refractivity contribution in [2.24, 2.45) is 0 Å². The molecule has 8 nitrogen and oxygen atoms in total. The smallest absolute Gasteiger partial charge is 0.319 e. The maximum Gasteiger partial charge on any atom is 0.319 e. The number of nitro benzene ring substituents is 1. The predicted octanol–water partition coefficient (Wildman–Crippen LogP) is 4.03. The molecule has 10 heteroatoms. The Bertz CT molecular complexity index is 931. The van der Waals surface area contributed by atoms with Crippen LogP contribution in [0.3, 0.4) is 0 Å². The fourth-order valence-electron chi connectivity index (χ4n) is 3.29. The minimum atomic E-state index is -0.457. The van der Waals surface area contributed by atoms with Crippen LogP contribution < -0.4 is 10.6 Å². The van der Waals surface area contributed by atoms with E-state index in [1.54, 1.807) is 17.0 Å². The normalized spacial score (nSPS) is 15.2. The first-order chi connectivity index (χ1) is 14.8. The van der Waals surface area contributed by atoms with Gasteiger partial charge in [0.05, 0.1) is 10.2 Å². The van der Waals surface area contributed by atoms with Crippen molar-refractivity contribution in [3.63, 3.8) is 0 Å². The molecule has 1 fully saturated rings. The molecule has 2 aromatic rings. The van der Waals surface area contributed by atoms with E-state index in [4.69, 9.17) is 0 Å². The van der Waals surface area contributed by atoms with Crippen molar-refractivity contribution in [3.05, 3.63) is 64.5 Å². The number of hydrogen-bond acceptors (Lipinski definition) is 5. The number of likely N-dealkylation sites (tertiary alicyclic amines) is 1. The number of rotatable bonds is 6. The van der Waals surface area contributed by atoms with Gasteiger partial charge in [0.1, 0.15) is 5.82 Å². The molecular weight excluding hydrogens is 423 g/mol. The molecule has 3 rings (SSSR count). The second kappa shape index (κ2) is 10.3. The second-order valence-corrected chi connectivity index (χ2v) is 8.63. The molecular formula is C21H23FN4O4S. The number of nitro groups is 1. The van der Waals surface area contributed by atoms with Crippen LogP contribution in [0.2, 0.25) is 0 Å². The Balaban J connectivity index is 1.43. The SMILES string of the molecule is C[C@@H](Sc1ccc([N+](=O)[O-])cc1)C(=O)N1CCC(NC(=O)Nc2ccc(F)cc2)CC1. The number of thioether (sulfide) groups is 1. The molecule has 1 atom stereocenters. The minimum Gasteiger partial charge on any atom is -0.342 e. The number of hydrogen-bond donors (Lipinski definition) is 2. The summed E-state index contributed by atoms with van der Waals surface area (Å²) in [6, 6.07) is 11.2. The lowest BCUT2D eigenvalue weighted by molar-refractivity contribution is -0.384. The van der Waals surface area contributed by atoms with Crippen LogP contribution in [-0.2, 0) is 4.79 Å². The lowest BCUT2D eigenvalue weighted by atomic mass is 10.0. The molecule has 0 radical (unpaired) electrons. The van der Waals surface area contributed by atoms with Gasteiger partial charge in [-0.2, -0.15) is 0 Å². The van der Waals surface area contributed by atoms with E-state index in [1.807, 2.05) is 6.92 Å². The second-order valence-electron chi connectivity index (χ2n) is 7.22. The lowest BCUT2D eigenvalue weighted by Gasteiger charge is -2.33. The molecule has 1 heterocycles. The predicted molar refractivity (Wildman–Crippen MR) is 117 cm³/mol. The van der Waals surface area contributed by atoms with Crippen molar-refractivity contribution in [1.82, 2.24) is 10.2 Å². The molecule has 2 aromatic carbocycles. The van der Waals surface area contributed by atoms with E-state index in [0.717, 1.165) is 4.90 Å². The number of carbonyl (C=O) groups excluding carboxylic acids is 2. The molecule has 0 unspecified atom stereocenters. The standard InChI is InChI=1S/C21H23FN4O4S/c1-14(31-19-8-6-18(7-9-19)26(29)30)20(27)25-12-10-17(11-13-25)24-21(28)23-16-4-2-15(22)3-5-16/h2-9,14,17H,10-13H2,1H3,(H2,23,24,28)/t14-/m1/s1. The van der Waals surface area contributed by atoms with Crippen LogP contribution in [0.5, 0.6) is 0 Å². The lowest BCUT2D eigenvalue weighted by Crippen LogP contribution is -2.49. The van der Waals surface area contributed by atoms with Gasteiger partial charge in [0.15, 0.2) is 0 Å². The maximum absolute atomic E-state index is 12.9. The zero-order valence-electron chi connectivity index (χ0n) is 16.9. The molecule has 0 saturated carbocycles. The highest BCUT2D eigenvalue weighted by Gasteiger charge is 2.27. The van der Waals surface area contributed by atoms with Gasteiger partial charge in [0.2, 0.25) is 5.91 Å². The maximum atomic E-state index is 12.9. The number of urea groups is 1. The average Bonchev–Trinajstić information content (AvgIpc) is 2.75. The molecule has 3 amide bonds. The van der Waals surface area contributed by atoms with Gasteiger partial charge in [-0.3, -0.25) is 14.9 Å². The molecule has 164 valence electrons. The summed E-state index contributed by atoms with van der Waals surface area (Å²) in [6.07, 6.45) is 1.27. The van der Waals surface area contributed by atoms with Crippen molar-refractivity contribution < 1.29 is 18.9 Å². The summed E-state index contributed by atoms with van der Waals surface area (Å²) >= 11 is 1.36. The van der Waals surface area contributed by atoms with E-state index in [2.05, 4.69) is 10.6 Å². The van der Waals surface area contributed by atoms with Crippen LogP contribution in [0.1, 0.15) is 19.8 Å². The first kappa shape index (κ1) is 22.5. The van der Waals surface area contributed by atoms with E-state index in [0.29, 0.717) is 31.6 Å². The van der Waals surface area contributed by atoms with Crippen molar-refractivity contribution in [2.75, 3.05) is 18.4 Å². The van der Waals surface area contributed by atoms with Crippen molar-refractivity contribution in [2.45, 2.75) is 36.0 Å². The molecule has 0 bridgehead atoms. The highest BCUT2D eigenvalue weighted by atomic mass is 32.2. The number of amides is 3. The van der Waals surface area contributed by atoms with Crippen LogP contribution in [-0.4, -0.2) is 46.1 Å². The minimum absolute atomic E-state index is 0.00225. The summed E-state index contributed by atoms with van der Waals surface area (Å²) in [5.41, 5.74) is 0.518. The average molecular weight is 447 g/mol. The first-order valence-corrected chi connectivity index (χ1v) is 10.7. The number of nitrogens with zero attached hydrogens (tertiary/aromatic N) is 2. The molecule has 1 saturated heterocycles. The van der Waals surface area contributed by atoms with Gasteiger partial charge in [-0.05, 0) is 56.2 Å². The Kier molecular flexibility index (Phi) is 7.45. The number of nitrogens with one attached hydrogen (secondary N) is 2. The molecule has 1 aliphatic heterocycles. The van der Waals surface area contributed by atoms with Gasteiger partial charge in [0.25, 0.3) is 5.69 Å². The number of carbonyl (C=O) groups is 2. The quantitative estimate of drug-likeness (QED) is 0.396. The number of benzene rings is 2. The summed E-state index contributed by atoms with van der Waals surface area (Å²) in [4.78, 5) is 37.7. The first-order valence-electron chi connectivity index (χ1n) is 9.85. The number of halogens is 1. The van der Waals surface area contributed by atoms with Crippen LogP contribution in [0.4, 0.5) is 20.6 Å². The fourth-order valence-corrected chi connectivity index (χ4v) is 4.24. The number of anilines is 1. The molecule has 0 aliphatic carbocycles. The Morgan fingerprint density at radius 3 is 2.32 bits per heavy atom. The van der Waals surface area contributed by atoms with E-state index >= 15 is 0 Å². The molecule has 2 N–H and O–H groups in total. The summed E-state index contributed by atoms with van der Waals surface area (Å²) in [7, 11) is 0. The van der Waals surface area contributed by atoms with E-state index in [9.17, 15) is 24.1 Å². The van der Waals surface area contributed by atoms with Gasteiger partial charge in [-0.15, -0.1) is 11.8 Å². The van der Waals surface area contributed by atoms with Gasteiger partial charge in [-0.1, -0.05) is 0 Å². The topological polar surface area (TPSA) is 105 Å². The van der Waals surface area contributed by atoms with Gasteiger partial charge < -0.3 is 15.5 Å². The van der Waals surface area contributed by atoms with E-state index in [1.165, 1.54) is 48.2 Å².